The fraction of sp³-hybridized carbons (Fsp3) is 0.538. The normalized spacial score (nSPS) is 19.5. The molecule has 0 bridgehead atoms. The maximum absolute atomic E-state index is 10.2. The number of ether oxygens (including phenoxy) is 4. The van der Waals surface area contributed by atoms with Gasteiger partial charge in [0.2, 0.25) is 0 Å². The van der Waals surface area contributed by atoms with E-state index in [2.05, 4.69) is 9.80 Å². The second-order valence-corrected chi connectivity index (χ2v) is 8.80. The summed E-state index contributed by atoms with van der Waals surface area (Å²) in [7, 11) is 0. The predicted molar refractivity (Wildman–Crippen MR) is 129 cm³/mol. The summed E-state index contributed by atoms with van der Waals surface area (Å²) < 4.78 is 22.2. The van der Waals surface area contributed by atoms with E-state index >= 15 is 0 Å². The summed E-state index contributed by atoms with van der Waals surface area (Å²) >= 11 is 0. The van der Waals surface area contributed by atoms with Crippen molar-refractivity contribution in [2.45, 2.75) is 12.2 Å². The molecule has 0 aromatic heterocycles. The standard InChI is InChI=1S/C26H36N2O6/c29-23(17-27-9-13-31-14-10-27)19-33-25-5-1-21(2-6-25)22-3-7-26(8-4-22)34-20-24(30)18-28-11-15-32-16-12-28/h1-8,23-24,29-30H,9-20H2/t23-,24+. The van der Waals surface area contributed by atoms with Gasteiger partial charge in [-0.05, 0) is 35.4 Å². The van der Waals surface area contributed by atoms with Gasteiger partial charge >= 0.3 is 0 Å². The summed E-state index contributed by atoms with van der Waals surface area (Å²) in [6.07, 6.45) is -1.06. The first-order chi connectivity index (χ1) is 16.7. The molecule has 0 spiro atoms. The Hall–Kier alpha value is -2.20. The van der Waals surface area contributed by atoms with Crippen LogP contribution in [-0.4, -0.2) is 111 Å². The van der Waals surface area contributed by atoms with Crippen molar-refractivity contribution in [1.29, 1.82) is 0 Å². The first kappa shape index (κ1) is 24.9. The maximum atomic E-state index is 10.2. The molecule has 0 radical (unpaired) electrons. The van der Waals surface area contributed by atoms with Crippen LogP contribution in [0.4, 0.5) is 0 Å². The van der Waals surface area contributed by atoms with Gasteiger partial charge < -0.3 is 29.2 Å². The van der Waals surface area contributed by atoms with E-state index in [0.29, 0.717) is 13.1 Å². The second kappa shape index (κ2) is 13.0. The highest BCUT2D eigenvalue weighted by molar-refractivity contribution is 5.64. The topological polar surface area (TPSA) is 83.9 Å². The summed E-state index contributed by atoms with van der Waals surface area (Å²) in [5, 5.41) is 20.5. The van der Waals surface area contributed by atoms with Crippen LogP contribution in [-0.2, 0) is 9.47 Å². The minimum Gasteiger partial charge on any atom is -0.491 e. The zero-order valence-corrected chi connectivity index (χ0v) is 19.7. The fourth-order valence-corrected chi connectivity index (χ4v) is 4.14. The van der Waals surface area contributed by atoms with Gasteiger partial charge in [-0.3, -0.25) is 9.80 Å². The molecule has 2 aliphatic heterocycles. The largest absolute Gasteiger partial charge is 0.491 e. The average molecular weight is 473 g/mol. The van der Waals surface area contributed by atoms with Crippen molar-refractivity contribution in [1.82, 2.24) is 9.80 Å². The SMILES string of the molecule is O[C@H](COc1ccc(-c2ccc(OC[C@H](O)CN3CCOCC3)cc2)cc1)CN1CCOCC1. The van der Waals surface area contributed by atoms with Crippen LogP contribution < -0.4 is 9.47 Å². The Bertz CT molecular complexity index is 764. The number of morpholine rings is 2. The van der Waals surface area contributed by atoms with E-state index in [-0.39, 0.29) is 13.2 Å². The number of β-amino-alcohol motifs (C(OH)–C–C–N with tert-alkyl or cyclic N) is 2. The second-order valence-electron chi connectivity index (χ2n) is 8.80. The smallest absolute Gasteiger partial charge is 0.119 e. The van der Waals surface area contributed by atoms with E-state index in [1.807, 2.05) is 48.5 Å². The minimum absolute atomic E-state index is 0.264. The minimum atomic E-state index is -0.530. The van der Waals surface area contributed by atoms with Crippen LogP contribution in [0.2, 0.25) is 0 Å². The molecule has 2 aliphatic rings. The van der Waals surface area contributed by atoms with Gasteiger partial charge in [-0.25, -0.2) is 0 Å². The first-order valence-electron chi connectivity index (χ1n) is 12.1. The zero-order chi connectivity index (χ0) is 23.6. The van der Waals surface area contributed by atoms with Gasteiger partial charge in [0, 0.05) is 39.3 Å². The van der Waals surface area contributed by atoms with Crippen molar-refractivity contribution < 1.29 is 29.2 Å². The van der Waals surface area contributed by atoms with Gasteiger partial charge in [0.1, 0.15) is 36.9 Å². The van der Waals surface area contributed by atoms with Crippen LogP contribution in [0.5, 0.6) is 11.5 Å². The fourth-order valence-electron chi connectivity index (χ4n) is 4.14. The van der Waals surface area contributed by atoms with E-state index in [1.165, 1.54) is 0 Å². The molecule has 0 unspecified atom stereocenters. The number of benzene rings is 2. The molecule has 2 heterocycles. The molecule has 2 fully saturated rings. The van der Waals surface area contributed by atoms with Crippen LogP contribution in [0, 0.1) is 0 Å². The highest BCUT2D eigenvalue weighted by atomic mass is 16.5. The molecule has 186 valence electrons. The van der Waals surface area contributed by atoms with E-state index in [1.54, 1.807) is 0 Å². The monoisotopic (exact) mass is 472 g/mol. The first-order valence-corrected chi connectivity index (χ1v) is 12.1. The quantitative estimate of drug-likeness (QED) is 0.509. The lowest BCUT2D eigenvalue weighted by molar-refractivity contribution is 0.00452. The summed E-state index contributed by atoms with van der Waals surface area (Å²) in [6, 6.07) is 15.7. The zero-order valence-electron chi connectivity index (χ0n) is 19.7. The van der Waals surface area contributed by atoms with Crippen molar-refractivity contribution >= 4 is 0 Å². The number of nitrogens with zero attached hydrogens (tertiary/aromatic N) is 2. The molecule has 0 saturated carbocycles. The van der Waals surface area contributed by atoms with Gasteiger partial charge in [-0.15, -0.1) is 0 Å². The number of rotatable bonds is 11. The number of aliphatic hydroxyl groups is 2. The molecule has 2 N–H and O–H groups in total. The van der Waals surface area contributed by atoms with Crippen LogP contribution in [0.1, 0.15) is 0 Å². The summed E-state index contributed by atoms with van der Waals surface area (Å²) in [4.78, 5) is 4.39. The summed E-state index contributed by atoms with van der Waals surface area (Å²) in [6.45, 7) is 8.01. The third kappa shape index (κ3) is 7.94. The number of aliphatic hydroxyl groups excluding tert-OH is 2. The Kier molecular flexibility index (Phi) is 9.55. The van der Waals surface area contributed by atoms with Crippen molar-refractivity contribution in [2.75, 3.05) is 78.9 Å². The molecule has 2 aromatic carbocycles. The molecule has 4 rings (SSSR count). The van der Waals surface area contributed by atoms with Gasteiger partial charge in [-0.2, -0.15) is 0 Å². The molecule has 2 atom stereocenters. The highest BCUT2D eigenvalue weighted by Crippen LogP contribution is 2.25. The Morgan fingerprint density at radius 2 is 0.971 bits per heavy atom. The lowest BCUT2D eigenvalue weighted by Crippen LogP contribution is -2.42. The Balaban J connectivity index is 1.19. The van der Waals surface area contributed by atoms with Gasteiger partial charge in [0.15, 0.2) is 0 Å². The maximum Gasteiger partial charge on any atom is 0.119 e. The number of hydrogen-bond donors (Lipinski definition) is 2. The predicted octanol–water partition coefficient (Wildman–Crippen LogP) is 1.50. The van der Waals surface area contributed by atoms with Crippen molar-refractivity contribution in [2.24, 2.45) is 0 Å². The van der Waals surface area contributed by atoms with Crippen molar-refractivity contribution in [3.63, 3.8) is 0 Å². The van der Waals surface area contributed by atoms with Gasteiger partial charge in [0.05, 0.1) is 26.4 Å². The van der Waals surface area contributed by atoms with Crippen LogP contribution >= 0.6 is 0 Å². The van der Waals surface area contributed by atoms with Crippen LogP contribution in [0.3, 0.4) is 0 Å². The summed E-state index contributed by atoms with van der Waals surface area (Å²) in [5.74, 6) is 1.47. The third-order valence-corrected chi connectivity index (χ3v) is 6.07. The lowest BCUT2D eigenvalue weighted by atomic mass is 10.1. The van der Waals surface area contributed by atoms with E-state index in [0.717, 1.165) is 75.2 Å². The molecule has 0 aliphatic carbocycles. The van der Waals surface area contributed by atoms with Crippen LogP contribution in [0.15, 0.2) is 48.5 Å². The average Bonchev–Trinajstić information content (AvgIpc) is 2.88. The molecule has 0 amide bonds. The Labute approximate surface area is 201 Å². The molecule has 8 nitrogen and oxygen atoms in total. The third-order valence-electron chi connectivity index (χ3n) is 6.07. The Morgan fingerprint density at radius 1 is 0.618 bits per heavy atom. The van der Waals surface area contributed by atoms with E-state index in [9.17, 15) is 10.2 Å². The Morgan fingerprint density at radius 3 is 1.32 bits per heavy atom. The number of hydrogen-bond acceptors (Lipinski definition) is 8. The van der Waals surface area contributed by atoms with E-state index in [4.69, 9.17) is 18.9 Å². The molecule has 8 heteroatoms. The molecule has 34 heavy (non-hydrogen) atoms. The van der Waals surface area contributed by atoms with Crippen molar-refractivity contribution in [3.8, 4) is 22.6 Å². The van der Waals surface area contributed by atoms with Gasteiger partial charge in [-0.1, -0.05) is 24.3 Å². The molecule has 2 saturated heterocycles. The molecular formula is C26H36N2O6. The molecular weight excluding hydrogens is 436 g/mol. The molecule has 2 aromatic rings. The lowest BCUT2D eigenvalue weighted by Gasteiger charge is -2.28. The van der Waals surface area contributed by atoms with Crippen LogP contribution in [0.25, 0.3) is 11.1 Å². The van der Waals surface area contributed by atoms with Crippen molar-refractivity contribution in [3.05, 3.63) is 48.5 Å². The summed E-state index contributed by atoms with van der Waals surface area (Å²) in [5.41, 5.74) is 2.14. The highest BCUT2D eigenvalue weighted by Gasteiger charge is 2.16. The van der Waals surface area contributed by atoms with Gasteiger partial charge in [0.25, 0.3) is 0 Å². The van der Waals surface area contributed by atoms with E-state index < -0.39 is 12.2 Å².